The van der Waals surface area contributed by atoms with Crippen molar-refractivity contribution in [3.8, 4) is 5.75 Å². The summed E-state index contributed by atoms with van der Waals surface area (Å²) in [7, 11) is 3.12. The highest BCUT2D eigenvalue weighted by molar-refractivity contribution is 5.80. The average molecular weight is 353 g/mol. The second kappa shape index (κ2) is 7.26. The molecule has 0 aliphatic carbocycles. The number of hydrogen-bond donors (Lipinski definition) is 1. The lowest BCUT2D eigenvalue weighted by atomic mass is 10.2. The first-order valence-corrected chi connectivity index (χ1v) is 8.09. The number of aromatic nitrogens is 2. The normalized spacial score (nSPS) is 10.7. The molecular formula is C19H19N3O4. The molecule has 134 valence electrons. The van der Waals surface area contributed by atoms with Gasteiger partial charge in [0.25, 0.3) is 0 Å². The number of hydrogen-bond acceptors (Lipinski definition) is 4. The summed E-state index contributed by atoms with van der Waals surface area (Å²) in [6, 6.07) is 14.3. The van der Waals surface area contributed by atoms with Crippen LogP contribution in [0.3, 0.4) is 0 Å². The minimum atomic E-state index is -0.720. The molecule has 3 aromatic rings. The highest BCUT2D eigenvalue weighted by atomic mass is 16.5. The first kappa shape index (κ1) is 17.5. The number of aryl methyl sites for hydroxylation is 1. The largest absolute Gasteiger partial charge is 0.497 e. The van der Waals surface area contributed by atoms with E-state index in [9.17, 15) is 14.4 Å². The number of benzene rings is 2. The SMILES string of the molecule is COc1cccc(CNC(=O)Cn2c(=O)c(=O)n(C)c3ccccc32)c1. The number of para-hydroxylation sites is 2. The molecule has 1 N–H and O–H groups in total. The van der Waals surface area contributed by atoms with E-state index in [1.165, 1.54) is 9.13 Å². The quantitative estimate of drug-likeness (QED) is 0.695. The number of carbonyl (C=O) groups excluding carboxylic acids is 1. The Kier molecular flexibility index (Phi) is 4.88. The number of ether oxygens (including phenoxy) is 1. The van der Waals surface area contributed by atoms with Gasteiger partial charge in [-0.15, -0.1) is 0 Å². The van der Waals surface area contributed by atoms with Gasteiger partial charge < -0.3 is 14.6 Å². The van der Waals surface area contributed by atoms with Crippen molar-refractivity contribution in [2.75, 3.05) is 7.11 Å². The van der Waals surface area contributed by atoms with Crippen molar-refractivity contribution in [1.82, 2.24) is 14.5 Å². The van der Waals surface area contributed by atoms with E-state index in [1.54, 1.807) is 38.4 Å². The molecule has 0 unspecified atom stereocenters. The van der Waals surface area contributed by atoms with Gasteiger partial charge in [0.05, 0.1) is 18.1 Å². The Labute approximate surface area is 149 Å². The van der Waals surface area contributed by atoms with E-state index in [0.717, 1.165) is 5.56 Å². The van der Waals surface area contributed by atoms with Crippen LogP contribution in [0, 0.1) is 0 Å². The average Bonchev–Trinajstić information content (AvgIpc) is 2.68. The highest BCUT2D eigenvalue weighted by Crippen LogP contribution is 2.12. The van der Waals surface area contributed by atoms with E-state index >= 15 is 0 Å². The van der Waals surface area contributed by atoms with Crippen LogP contribution in [0.25, 0.3) is 11.0 Å². The monoisotopic (exact) mass is 353 g/mol. The second-order valence-electron chi connectivity index (χ2n) is 5.87. The van der Waals surface area contributed by atoms with Gasteiger partial charge in [-0.3, -0.25) is 19.0 Å². The Bertz CT molecular complexity index is 1080. The van der Waals surface area contributed by atoms with Crippen molar-refractivity contribution in [2.24, 2.45) is 7.05 Å². The van der Waals surface area contributed by atoms with Crippen molar-refractivity contribution < 1.29 is 9.53 Å². The van der Waals surface area contributed by atoms with Crippen LogP contribution in [-0.2, 0) is 24.9 Å². The Hall–Kier alpha value is -3.35. The van der Waals surface area contributed by atoms with Crippen LogP contribution in [0.5, 0.6) is 5.75 Å². The summed E-state index contributed by atoms with van der Waals surface area (Å²) < 4.78 is 7.65. The van der Waals surface area contributed by atoms with Crippen molar-refractivity contribution in [3.63, 3.8) is 0 Å². The second-order valence-corrected chi connectivity index (χ2v) is 5.87. The zero-order valence-corrected chi connectivity index (χ0v) is 14.6. The summed E-state index contributed by atoms with van der Waals surface area (Å²) in [5.74, 6) is 0.346. The fourth-order valence-corrected chi connectivity index (χ4v) is 2.79. The number of amides is 1. The lowest BCUT2D eigenvalue weighted by molar-refractivity contribution is -0.121. The van der Waals surface area contributed by atoms with Crippen molar-refractivity contribution in [3.05, 3.63) is 74.8 Å². The van der Waals surface area contributed by atoms with E-state index in [-0.39, 0.29) is 12.5 Å². The maximum absolute atomic E-state index is 12.3. The lowest BCUT2D eigenvalue weighted by Gasteiger charge is -2.12. The number of carbonyl (C=O) groups is 1. The van der Waals surface area contributed by atoms with Gasteiger partial charge in [-0.05, 0) is 29.8 Å². The summed E-state index contributed by atoms with van der Waals surface area (Å²) in [6.07, 6.45) is 0. The fourth-order valence-electron chi connectivity index (χ4n) is 2.79. The predicted molar refractivity (Wildman–Crippen MR) is 98.3 cm³/mol. The molecule has 0 fully saturated rings. The predicted octanol–water partition coefficient (Wildman–Crippen LogP) is 1.03. The van der Waals surface area contributed by atoms with Crippen LogP contribution in [0.15, 0.2) is 58.1 Å². The van der Waals surface area contributed by atoms with E-state index < -0.39 is 11.1 Å². The van der Waals surface area contributed by atoms with E-state index in [2.05, 4.69) is 5.32 Å². The van der Waals surface area contributed by atoms with Gasteiger partial charge in [0, 0.05) is 13.6 Å². The topological polar surface area (TPSA) is 82.3 Å². The molecule has 1 heterocycles. The van der Waals surface area contributed by atoms with E-state index in [4.69, 9.17) is 4.74 Å². The van der Waals surface area contributed by atoms with Gasteiger partial charge >= 0.3 is 11.1 Å². The molecule has 26 heavy (non-hydrogen) atoms. The van der Waals surface area contributed by atoms with E-state index in [0.29, 0.717) is 23.3 Å². The third-order valence-corrected chi connectivity index (χ3v) is 4.19. The molecule has 0 saturated heterocycles. The van der Waals surface area contributed by atoms with Crippen LogP contribution in [0.2, 0.25) is 0 Å². The molecule has 3 rings (SSSR count). The lowest BCUT2D eigenvalue weighted by Crippen LogP contribution is -2.43. The van der Waals surface area contributed by atoms with E-state index in [1.807, 2.05) is 24.3 Å². The van der Waals surface area contributed by atoms with Crippen molar-refractivity contribution in [1.29, 1.82) is 0 Å². The van der Waals surface area contributed by atoms with Gasteiger partial charge in [-0.2, -0.15) is 0 Å². The zero-order chi connectivity index (χ0) is 18.7. The standard InChI is InChI=1S/C19H19N3O4/c1-21-15-8-3-4-9-16(15)22(19(25)18(21)24)12-17(23)20-11-13-6-5-7-14(10-13)26-2/h3-10H,11-12H2,1-2H3,(H,20,23). The van der Waals surface area contributed by atoms with Crippen LogP contribution < -0.4 is 21.2 Å². The summed E-state index contributed by atoms with van der Waals surface area (Å²) in [5, 5.41) is 2.76. The zero-order valence-electron chi connectivity index (χ0n) is 14.6. The molecule has 7 nitrogen and oxygen atoms in total. The molecule has 1 amide bonds. The van der Waals surface area contributed by atoms with Crippen molar-refractivity contribution >= 4 is 16.9 Å². The summed E-state index contributed by atoms with van der Waals surface area (Å²) in [6.45, 7) is 0.0763. The summed E-state index contributed by atoms with van der Waals surface area (Å²) in [4.78, 5) is 36.8. The summed E-state index contributed by atoms with van der Waals surface area (Å²) in [5.41, 5.74) is 0.625. The van der Waals surface area contributed by atoms with Gasteiger partial charge in [0.2, 0.25) is 5.91 Å². The Morgan fingerprint density at radius 1 is 1.04 bits per heavy atom. The van der Waals surface area contributed by atoms with Crippen molar-refractivity contribution in [2.45, 2.75) is 13.1 Å². The molecule has 0 aliphatic rings. The number of fused-ring (bicyclic) bond motifs is 1. The third-order valence-electron chi connectivity index (χ3n) is 4.19. The maximum Gasteiger partial charge on any atom is 0.317 e. The molecule has 2 aromatic carbocycles. The summed E-state index contributed by atoms with van der Waals surface area (Å²) >= 11 is 0. The number of nitrogens with zero attached hydrogens (tertiary/aromatic N) is 2. The minimum Gasteiger partial charge on any atom is -0.497 e. The molecule has 0 radical (unpaired) electrons. The number of rotatable bonds is 5. The van der Waals surface area contributed by atoms with Crippen LogP contribution in [-0.4, -0.2) is 22.2 Å². The van der Waals surface area contributed by atoms with Gasteiger partial charge in [-0.1, -0.05) is 24.3 Å². The van der Waals surface area contributed by atoms with Crippen LogP contribution >= 0.6 is 0 Å². The Balaban J connectivity index is 1.83. The molecule has 0 saturated carbocycles. The van der Waals surface area contributed by atoms with Crippen LogP contribution in [0.1, 0.15) is 5.56 Å². The molecule has 1 aromatic heterocycles. The number of methoxy groups -OCH3 is 1. The molecule has 0 atom stereocenters. The van der Waals surface area contributed by atoms with Crippen LogP contribution in [0.4, 0.5) is 0 Å². The number of nitrogens with one attached hydrogen (secondary N) is 1. The molecule has 0 aliphatic heterocycles. The smallest absolute Gasteiger partial charge is 0.317 e. The molecule has 7 heteroatoms. The third kappa shape index (κ3) is 3.37. The Morgan fingerprint density at radius 3 is 2.50 bits per heavy atom. The minimum absolute atomic E-state index is 0.223. The van der Waals surface area contributed by atoms with Gasteiger partial charge in [0.15, 0.2) is 0 Å². The fraction of sp³-hybridized carbons (Fsp3) is 0.211. The molecule has 0 spiro atoms. The first-order valence-electron chi connectivity index (χ1n) is 8.09. The molecule has 0 bridgehead atoms. The van der Waals surface area contributed by atoms with Gasteiger partial charge in [0.1, 0.15) is 12.3 Å². The Morgan fingerprint density at radius 2 is 1.77 bits per heavy atom. The first-order chi connectivity index (χ1) is 12.5. The highest BCUT2D eigenvalue weighted by Gasteiger charge is 2.13. The van der Waals surface area contributed by atoms with Gasteiger partial charge in [-0.25, -0.2) is 0 Å². The molecular weight excluding hydrogens is 334 g/mol. The maximum atomic E-state index is 12.3.